The van der Waals surface area contributed by atoms with Gasteiger partial charge in [-0.3, -0.25) is 14.9 Å². The zero-order chi connectivity index (χ0) is 16.9. The number of nitrogens with zero attached hydrogens (tertiary/aromatic N) is 3. The SMILES string of the molecule is C=C1/C(=C/c2cccnc2)CN(C(C)C)C/C1=C\c1cccnc1. The van der Waals surface area contributed by atoms with Crippen molar-refractivity contribution in [1.82, 2.24) is 14.9 Å². The van der Waals surface area contributed by atoms with Gasteiger partial charge in [-0.1, -0.05) is 18.7 Å². The van der Waals surface area contributed by atoms with Gasteiger partial charge in [-0.15, -0.1) is 0 Å². The Kier molecular flexibility index (Phi) is 5.02. The maximum absolute atomic E-state index is 4.36. The second-order valence-corrected chi connectivity index (χ2v) is 6.39. The molecule has 0 amide bonds. The molecule has 0 saturated carbocycles. The lowest BCUT2D eigenvalue weighted by atomic mass is 9.91. The summed E-state index contributed by atoms with van der Waals surface area (Å²) in [5, 5.41) is 0. The van der Waals surface area contributed by atoms with E-state index in [1.165, 1.54) is 11.1 Å². The summed E-state index contributed by atoms with van der Waals surface area (Å²) in [4.78, 5) is 10.9. The summed E-state index contributed by atoms with van der Waals surface area (Å²) in [5.41, 5.74) is 5.83. The molecule has 3 rings (SSSR count). The van der Waals surface area contributed by atoms with Crippen LogP contribution in [0, 0.1) is 0 Å². The highest BCUT2D eigenvalue weighted by Gasteiger charge is 2.23. The average Bonchev–Trinajstić information content (AvgIpc) is 2.60. The third kappa shape index (κ3) is 3.87. The topological polar surface area (TPSA) is 29.0 Å². The third-order valence-corrected chi connectivity index (χ3v) is 4.30. The fraction of sp³-hybridized carbons (Fsp3) is 0.238. The van der Waals surface area contributed by atoms with E-state index in [0.29, 0.717) is 6.04 Å². The largest absolute Gasteiger partial charge is 0.292 e. The minimum atomic E-state index is 0.479. The van der Waals surface area contributed by atoms with Crippen molar-refractivity contribution < 1.29 is 0 Å². The van der Waals surface area contributed by atoms with Crippen molar-refractivity contribution in [3.8, 4) is 0 Å². The first kappa shape index (κ1) is 16.3. The van der Waals surface area contributed by atoms with Crippen LogP contribution >= 0.6 is 0 Å². The predicted octanol–water partition coefficient (Wildman–Crippen LogP) is 4.22. The van der Waals surface area contributed by atoms with Gasteiger partial charge >= 0.3 is 0 Å². The number of hydrogen-bond donors (Lipinski definition) is 0. The first-order valence-corrected chi connectivity index (χ1v) is 8.28. The Balaban J connectivity index is 1.96. The first-order chi connectivity index (χ1) is 11.6. The van der Waals surface area contributed by atoms with Gasteiger partial charge in [-0.05, 0) is 66.0 Å². The number of piperidine rings is 1. The zero-order valence-corrected chi connectivity index (χ0v) is 14.3. The van der Waals surface area contributed by atoms with E-state index in [2.05, 4.69) is 59.6 Å². The molecule has 1 aliphatic heterocycles. The van der Waals surface area contributed by atoms with Crippen molar-refractivity contribution >= 4 is 12.2 Å². The molecule has 122 valence electrons. The van der Waals surface area contributed by atoms with Gasteiger partial charge in [0.2, 0.25) is 0 Å². The summed E-state index contributed by atoms with van der Waals surface area (Å²) in [6.07, 6.45) is 11.8. The molecule has 1 fully saturated rings. The minimum Gasteiger partial charge on any atom is -0.292 e. The Bertz CT molecular complexity index is 697. The standard InChI is InChI=1S/C21H23N3/c1-16(2)24-14-20(10-18-6-4-8-22-12-18)17(3)21(15-24)11-19-7-5-9-23-13-19/h4-13,16H,3,14-15H2,1-2H3/b20-10+,21-11+. The molecule has 0 spiro atoms. The van der Waals surface area contributed by atoms with Crippen LogP contribution in [0.5, 0.6) is 0 Å². The molecule has 24 heavy (non-hydrogen) atoms. The van der Waals surface area contributed by atoms with Gasteiger partial charge in [0.15, 0.2) is 0 Å². The minimum absolute atomic E-state index is 0.479. The fourth-order valence-electron chi connectivity index (χ4n) is 2.85. The van der Waals surface area contributed by atoms with Gasteiger partial charge in [-0.25, -0.2) is 0 Å². The van der Waals surface area contributed by atoms with Gasteiger partial charge < -0.3 is 0 Å². The first-order valence-electron chi connectivity index (χ1n) is 8.28. The summed E-state index contributed by atoms with van der Waals surface area (Å²) in [7, 11) is 0. The highest BCUT2D eigenvalue weighted by atomic mass is 15.2. The van der Waals surface area contributed by atoms with Crippen LogP contribution in [-0.2, 0) is 0 Å². The van der Waals surface area contributed by atoms with E-state index < -0.39 is 0 Å². The van der Waals surface area contributed by atoms with E-state index in [1.807, 2.05) is 24.5 Å². The lowest BCUT2D eigenvalue weighted by Gasteiger charge is -2.35. The molecule has 1 aliphatic rings. The van der Waals surface area contributed by atoms with Crippen LogP contribution in [0.1, 0.15) is 25.0 Å². The predicted molar refractivity (Wildman–Crippen MR) is 100 cm³/mol. The Morgan fingerprint density at radius 2 is 1.46 bits per heavy atom. The Labute approximate surface area is 144 Å². The van der Waals surface area contributed by atoms with E-state index in [0.717, 1.165) is 29.8 Å². The molecule has 2 aromatic rings. The lowest BCUT2D eigenvalue weighted by molar-refractivity contribution is 0.255. The molecule has 0 bridgehead atoms. The Morgan fingerprint density at radius 1 is 0.958 bits per heavy atom. The molecule has 0 aromatic carbocycles. The molecular weight excluding hydrogens is 294 g/mol. The molecule has 0 aliphatic carbocycles. The molecule has 1 saturated heterocycles. The monoisotopic (exact) mass is 317 g/mol. The molecule has 0 N–H and O–H groups in total. The van der Waals surface area contributed by atoms with Crippen LogP contribution in [0.3, 0.4) is 0 Å². The molecule has 3 heteroatoms. The van der Waals surface area contributed by atoms with Crippen LogP contribution in [0.25, 0.3) is 12.2 Å². The highest BCUT2D eigenvalue weighted by molar-refractivity contribution is 5.69. The van der Waals surface area contributed by atoms with Gasteiger partial charge in [0.1, 0.15) is 0 Å². The molecule has 0 unspecified atom stereocenters. The van der Waals surface area contributed by atoms with E-state index in [9.17, 15) is 0 Å². The van der Waals surface area contributed by atoms with Crippen LogP contribution in [-0.4, -0.2) is 34.0 Å². The van der Waals surface area contributed by atoms with E-state index in [4.69, 9.17) is 0 Å². The van der Waals surface area contributed by atoms with Gasteiger partial charge in [-0.2, -0.15) is 0 Å². The normalized spacial score (nSPS) is 19.4. The second-order valence-electron chi connectivity index (χ2n) is 6.39. The summed E-state index contributed by atoms with van der Waals surface area (Å²) >= 11 is 0. The van der Waals surface area contributed by atoms with Crippen LogP contribution in [0.4, 0.5) is 0 Å². The number of rotatable bonds is 3. The smallest absolute Gasteiger partial charge is 0.0340 e. The van der Waals surface area contributed by atoms with Crippen molar-refractivity contribution in [3.63, 3.8) is 0 Å². The summed E-state index contributed by atoms with van der Waals surface area (Å²) in [6, 6.07) is 8.56. The maximum atomic E-state index is 4.36. The van der Waals surface area contributed by atoms with E-state index in [-0.39, 0.29) is 0 Å². The second kappa shape index (κ2) is 7.37. The van der Waals surface area contributed by atoms with E-state index in [1.54, 1.807) is 12.4 Å². The van der Waals surface area contributed by atoms with Crippen molar-refractivity contribution in [3.05, 3.63) is 83.5 Å². The quantitative estimate of drug-likeness (QED) is 0.848. The van der Waals surface area contributed by atoms with Crippen LogP contribution < -0.4 is 0 Å². The molecule has 2 aromatic heterocycles. The van der Waals surface area contributed by atoms with Crippen molar-refractivity contribution in [1.29, 1.82) is 0 Å². The fourth-order valence-corrected chi connectivity index (χ4v) is 2.85. The average molecular weight is 317 g/mol. The number of aromatic nitrogens is 2. The van der Waals surface area contributed by atoms with Crippen molar-refractivity contribution in [2.75, 3.05) is 13.1 Å². The van der Waals surface area contributed by atoms with Gasteiger partial charge in [0.05, 0.1) is 0 Å². The van der Waals surface area contributed by atoms with Crippen LogP contribution in [0.15, 0.2) is 72.4 Å². The zero-order valence-electron chi connectivity index (χ0n) is 14.3. The molecule has 3 heterocycles. The Hall–Kier alpha value is -2.52. The number of likely N-dealkylation sites (tertiary alicyclic amines) is 1. The summed E-state index contributed by atoms with van der Waals surface area (Å²) in [5.74, 6) is 0. The maximum Gasteiger partial charge on any atom is 0.0340 e. The third-order valence-electron chi connectivity index (χ3n) is 4.30. The summed E-state index contributed by atoms with van der Waals surface area (Å²) in [6.45, 7) is 10.7. The van der Waals surface area contributed by atoms with Gasteiger partial charge in [0.25, 0.3) is 0 Å². The highest BCUT2D eigenvalue weighted by Crippen LogP contribution is 2.29. The number of pyridine rings is 2. The number of hydrogen-bond acceptors (Lipinski definition) is 3. The Morgan fingerprint density at radius 3 is 1.83 bits per heavy atom. The lowest BCUT2D eigenvalue weighted by Crippen LogP contribution is -2.38. The van der Waals surface area contributed by atoms with E-state index >= 15 is 0 Å². The molecule has 0 atom stereocenters. The van der Waals surface area contributed by atoms with Crippen molar-refractivity contribution in [2.24, 2.45) is 0 Å². The molecule has 0 radical (unpaired) electrons. The summed E-state index contributed by atoms with van der Waals surface area (Å²) < 4.78 is 0. The molecular formula is C21H23N3. The molecule has 3 nitrogen and oxygen atoms in total. The van der Waals surface area contributed by atoms with Crippen LogP contribution in [0.2, 0.25) is 0 Å². The van der Waals surface area contributed by atoms with Gasteiger partial charge in [0, 0.05) is 43.9 Å². The van der Waals surface area contributed by atoms with Crippen molar-refractivity contribution in [2.45, 2.75) is 19.9 Å².